The van der Waals surface area contributed by atoms with Gasteiger partial charge in [-0.2, -0.15) is 0 Å². The molecule has 0 spiro atoms. The summed E-state index contributed by atoms with van der Waals surface area (Å²) in [6.07, 6.45) is 0.208. The van der Waals surface area contributed by atoms with Gasteiger partial charge >= 0.3 is 0 Å². The van der Waals surface area contributed by atoms with Crippen molar-refractivity contribution in [3.05, 3.63) is 89.5 Å². The van der Waals surface area contributed by atoms with Crippen LogP contribution in [0.25, 0.3) is 22.0 Å². The van der Waals surface area contributed by atoms with E-state index >= 15 is 0 Å². The molecule has 0 aliphatic carbocycles. The van der Waals surface area contributed by atoms with E-state index in [-0.39, 0.29) is 0 Å². The molecule has 5 heteroatoms. The van der Waals surface area contributed by atoms with Crippen LogP contribution in [-0.2, 0) is 6.42 Å². The van der Waals surface area contributed by atoms with Crippen LogP contribution in [0.15, 0.2) is 72.8 Å². The van der Waals surface area contributed by atoms with Crippen molar-refractivity contribution in [2.24, 2.45) is 0 Å². The van der Waals surface area contributed by atoms with Crippen molar-refractivity contribution in [3.8, 4) is 22.8 Å². The monoisotopic (exact) mass is 541 g/mol. The van der Waals surface area contributed by atoms with Gasteiger partial charge in [0.15, 0.2) is 0 Å². The van der Waals surface area contributed by atoms with Crippen molar-refractivity contribution in [1.29, 1.82) is 0 Å². The van der Waals surface area contributed by atoms with E-state index in [1.165, 1.54) is 5.56 Å². The van der Waals surface area contributed by atoms with Crippen LogP contribution in [0.5, 0.6) is 11.6 Å². The second kappa shape index (κ2) is 11.9. The maximum Gasteiger partial charge on any atom is 0.258 e. The second-order valence-corrected chi connectivity index (χ2v) is 16.8. The Hall–Kier alpha value is -3.15. The van der Waals surface area contributed by atoms with E-state index in [0.717, 1.165) is 45.3 Å². The van der Waals surface area contributed by atoms with E-state index in [1.54, 1.807) is 7.11 Å². The molecule has 0 aliphatic rings. The van der Waals surface area contributed by atoms with Crippen LogP contribution in [0.1, 0.15) is 71.3 Å². The minimum Gasteiger partial charge on any atom is -0.543 e. The quantitative estimate of drug-likeness (QED) is 0.203. The van der Waals surface area contributed by atoms with E-state index < -0.39 is 14.4 Å². The molecule has 0 saturated heterocycles. The molecule has 0 amide bonds. The van der Waals surface area contributed by atoms with Crippen LogP contribution in [0.2, 0.25) is 16.6 Å². The van der Waals surface area contributed by atoms with E-state index in [1.807, 2.05) is 30.3 Å². The molecule has 4 nitrogen and oxygen atoms in total. The van der Waals surface area contributed by atoms with Crippen molar-refractivity contribution < 1.29 is 14.3 Å². The molecule has 0 aliphatic heterocycles. The lowest BCUT2D eigenvalue weighted by Crippen LogP contribution is -2.50. The van der Waals surface area contributed by atoms with E-state index in [2.05, 4.69) is 90.9 Å². The summed E-state index contributed by atoms with van der Waals surface area (Å²) in [4.78, 5) is 4.70. The molecule has 1 N–H and O–H groups in total. The van der Waals surface area contributed by atoms with E-state index in [0.29, 0.717) is 22.5 Å². The number of aliphatic hydroxyl groups is 1. The minimum atomic E-state index is -2.10. The van der Waals surface area contributed by atoms with Gasteiger partial charge in [0.25, 0.3) is 8.32 Å². The van der Waals surface area contributed by atoms with Gasteiger partial charge in [-0.15, -0.1) is 0 Å². The molecular weight excluding hydrogens is 498 g/mol. The summed E-state index contributed by atoms with van der Waals surface area (Å²) < 4.78 is 12.6. The smallest absolute Gasteiger partial charge is 0.258 e. The highest BCUT2D eigenvalue weighted by molar-refractivity contribution is 6.78. The molecule has 0 radical (unpaired) electrons. The molecule has 1 atom stereocenters. The zero-order valence-corrected chi connectivity index (χ0v) is 25.7. The number of aryl methyl sites for hydroxylation is 1. The summed E-state index contributed by atoms with van der Waals surface area (Å²) in [5.74, 6) is 1.47. The average Bonchev–Trinajstić information content (AvgIpc) is 2.94. The summed E-state index contributed by atoms with van der Waals surface area (Å²) in [6, 6.07) is 24.5. The molecule has 1 unspecified atom stereocenters. The summed E-state index contributed by atoms with van der Waals surface area (Å²) in [5, 5.41) is 12.3. The SMILES string of the molecule is CCc1cccc(C(O)c2ccc3nc(OC)cc(-c4cccc(O[Si](C(C)C)(C(C)C)C(C)C)c4)c3c2)c1. The Bertz CT molecular complexity index is 1410. The summed E-state index contributed by atoms with van der Waals surface area (Å²) >= 11 is 0. The summed E-state index contributed by atoms with van der Waals surface area (Å²) in [6.45, 7) is 16.0. The fourth-order valence-corrected chi connectivity index (χ4v) is 11.4. The maximum atomic E-state index is 11.3. The number of aliphatic hydroxyl groups excluding tert-OH is 1. The summed E-state index contributed by atoms with van der Waals surface area (Å²) in [5.41, 5.74) is 7.26. The lowest BCUT2D eigenvalue weighted by molar-refractivity contribution is 0.220. The van der Waals surface area contributed by atoms with Crippen LogP contribution in [0.3, 0.4) is 0 Å². The molecule has 1 aromatic heterocycles. The van der Waals surface area contributed by atoms with Gasteiger partial charge in [-0.05, 0) is 75.1 Å². The van der Waals surface area contributed by atoms with Crippen molar-refractivity contribution in [2.45, 2.75) is 77.6 Å². The highest BCUT2D eigenvalue weighted by Gasteiger charge is 2.47. The zero-order chi connectivity index (χ0) is 28.3. The average molecular weight is 542 g/mol. The lowest BCUT2D eigenvalue weighted by atomic mass is 9.95. The van der Waals surface area contributed by atoms with Crippen molar-refractivity contribution in [1.82, 2.24) is 4.98 Å². The van der Waals surface area contributed by atoms with E-state index in [4.69, 9.17) is 14.1 Å². The van der Waals surface area contributed by atoms with Gasteiger partial charge in [-0.1, -0.05) is 90.9 Å². The van der Waals surface area contributed by atoms with Crippen LogP contribution < -0.4 is 9.16 Å². The van der Waals surface area contributed by atoms with Gasteiger partial charge < -0.3 is 14.3 Å². The third-order valence-corrected chi connectivity index (χ3v) is 14.2. The standard InChI is InChI=1S/C34H43NO3Si/c1-9-25-12-10-14-27(18-25)34(36)28-16-17-32-31(20-28)30(21-33(35-32)37-8)26-13-11-15-29(19-26)38-39(22(2)3,23(4)5)24(6)7/h10-24,34,36H,9H2,1-8H3. The van der Waals surface area contributed by atoms with Crippen molar-refractivity contribution in [2.75, 3.05) is 7.11 Å². The predicted molar refractivity (Wildman–Crippen MR) is 165 cm³/mol. The molecule has 3 aromatic carbocycles. The Morgan fingerprint density at radius 2 is 1.46 bits per heavy atom. The molecule has 0 bridgehead atoms. The number of aromatic nitrogens is 1. The lowest BCUT2D eigenvalue weighted by Gasteiger charge is -2.42. The van der Waals surface area contributed by atoms with Gasteiger partial charge in [0.2, 0.25) is 5.88 Å². The Balaban J connectivity index is 1.82. The molecule has 4 aromatic rings. The number of hydrogen-bond acceptors (Lipinski definition) is 4. The molecule has 0 fully saturated rings. The number of methoxy groups -OCH3 is 1. The highest BCUT2D eigenvalue weighted by atomic mass is 28.4. The van der Waals surface area contributed by atoms with Gasteiger partial charge in [-0.25, -0.2) is 4.98 Å². The van der Waals surface area contributed by atoms with Crippen LogP contribution >= 0.6 is 0 Å². The summed E-state index contributed by atoms with van der Waals surface area (Å²) in [7, 11) is -0.460. The van der Waals surface area contributed by atoms with Crippen molar-refractivity contribution in [3.63, 3.8) is 0 Å². The molecule has 4 rings (SSSR count). The first-order chi connectivity index (χ1) is 18.6. The van der Waals surface area contributed by atoms with Crippen LogP contribution in [0, 0.1) is 0 Å². The number of benzene rings is 3. The number of rotatable bonds is 10. The molecule has 1 heterocycles. The molecular formula is C34H43NO3Si. The van der Waals surface area contributed by atoms with Gasteiger partial charge in [0.1, 0.15) is 11.9 Å². The highest BCUT2D eigenvalue weighted by Crippen LogP contribution is 2.43. The third kappa shape index (κ3) is 5.75. The Kier molecular flexibility index (Phi) is 8.82. The van der Waals surface area contributed by atoms with Crippen molar-refractivity contribution >= 4 is 19.2 Å². The number of pyridine rings is 1. The zero-order valence-electron chi connectivity index (χ0n) is 24.7. The fraction of sp³-hybridized carbons (Fsp3) is 0.382. The Morgan fingerprint density at radius 1 is 0.795 bits per heavy atom. The number of hydrogen-bond donors (Lipinski definition) is 1. The Labute approximate surface area is 235 Å². The van der Waals surface area contributed by atoms with Crippen LogP contribution in [0.4, 0.5) is 0 Å². The first kappa shape index (κ1) is 28.8. The molecule has 39 heavy (non-hydrogen) atoms. The normalized spacial score (nSPS) is 12.9. The first-order valence-corrected chi connectivity index (χ1v) is 16.3. The number of fused-ring (bicyclic) bond motifs is 1. The minimum absolute atomic E-state index is 0.485. The Morgan fingerprint density at radius 3 is 2.10 bits per heavy atom. The largest absolute Gasteiger partial charge is 0.543 e. The predicted octanol–water partition coefficient (Wildman–Crippen LogP) is 9.11. The first-order valence-electron chi connectivity index (χ1n) is 14.2. The topological polar surface area (TPSA) is 51.6 Å². The molecule has 206 valence electrons. The third-order valence-electron chi connectivity index (χ3n) is 8.16. The fourth-order valence-electron chi connectivity index (χ4n) is 6.19. The van der Waals surface area contributed by atoms with Gasteiger partial charge in [-0.3, -0.25) is 0 Å². The number of ether oxygens (including phenoxy) is 1. The molecule has 0 saturated carbocycles. The van der Waals surface area contributed by atoms with Gasteiger partial charge in [0.05, 0.1) is 12.6 Å². The maximum absolute atomic E-state index is 11.3. The van der Waals surface area contributed by atoms with Crippen LogP contribution in [-0.4, -0.2) is 25.5 Å². The van der Waals surface area contributed by atoms with Gasteiger partial charge in [0, 0.05) is 11.5 Å². The van der Waals surface area contributed by atoms with E-state index in [9.17, 15) is 5.11 Å². The second-order valence-electron chi connectivity index (χ2n) is 11.4. The number of nitrogens with zero attached hydrogens (tertiary/aromatic N) is 1.